The van der Waals surface area contributed by atoms with Gasteiger partial charge in [-0.1, -0.05) is 19.1 Å². The molecule has 1 spiro atoms. The van der Waals surface area contributed by atoms with Gasteiger partial charge in [-0.3, -0.25) is 4.90 Å². The van der Waals surface area contributed by atoms with Crippen molar-refractivity contribution < 1.29 is 9.47 Å². The van der Waals surface area contributed by atoms with Gasteiger partial charge in [-0.05, 0) is 43.6 Å². The van der Waals surface area contributed by atoms with Crippen LogP contribution in [0.25, 0.3) is 0 Å². The lowest BCUT2D eigenvalue weighted by Crippen LogP contribution is -2.50. The average molecular weight is 318 g/mol. The van der Waals surface area contributed by atoms with Gasteiger partial charge in [-0.25, -0.2) is 0 Å². The minimum Gasteiger partial charge on any atom is -0.497 e. The molecule has 1 aromatic rings. The monoisotopic (exact) mass is 318 g/mol. The summed E-state index contributed by atoms with van der Waals surface area (Å²) in [5.74, 6) is 0.930. The van der Waals surface area contributed by atoms with Crippen molar-refractivity contribution in [3.63, 3.8) is 0 Å². The van der Waals surface area contributed by atoms with Crippen LogP contribution in [0.15, 0.2) is 24.3 Å². The maximum atomic E-state index is 5.96. The molecule has 0 aromatic heterocycles. The van der Waals surface area contributed by atoms with Crippen LogP contribution < -0.4 is 4.74 Å². The summed E-state index contributed by atoms with van der Waals surface area (Å²) >= 11 is 0. The third-order valence-corrected chi connectivity index (χ3v) is 5.27. The Labute approximate surface area is 140 Å². The van der Waals surface area contributed by atoms with Crippen molar-refractivity contribution in [2.45, 2.75) is 26.3 Å². The molecule has 0 amide bonds. The third kappa shape index (κ3) is 4.25. The molecule has 0 radical (unpaired) electrons. The first-order valence-electron chi connectivity index (χ1n) is 8.88. The molecule has 0 saturated carbocycles. The van der Waals surface area contributed by atoms with E-state index in [2.05, 4.69) is 41.0 Å². The van der Waals surface area contributed by atoms with E-state index in [1.54, 1.807) is 7.11 Å². The van der Waals surface area contributed by atoms with E-state index in [9.17, 15) is 0 Å². The Morgan fingerprint density at radius 2 is 1.91 bits per heavy atom. The fourth-order valence-electron chi connectivity index (χ4n) is 4.03. The Balaban J connectivity index is 1.64. The van der Waals surface area contributed by atoms with Crippen molar-refractivity contribution in [3.05, 3.63) is 29.8 Å². The van der Waals surface area contributed by atoms with Gasteiger partial charge in [-0.15, -0.1) is 0 Å². The maximum Gasteiger partial charge on any atom is 0.118 e. The van der Waals surface area contributed by atoms with E-state index in [-0.39, 0.29) is 0 Å². The van der Waals surface area contributed by atoms with E-state index in [1.807, 2.05) is 0 Å². The molecule has 2 aliphatic rings. The van der Waals surface area contributed by atoms with Gasteiger partial charge in [0.1, 0.15) is 5.75 Å². The average Bonchev–Trinajstić information content (AvgIpc) is 2.78. The van der Waals surface area contributed by atoms with Crippen LogP contribution in [0.5, 0.6) is 5.75 Å². The molecule has 0 N–H and O–H groups in total. The molecule has 3 rings (SSSR count). The van der Waals surface area contributed by atoms with Gasteiger partial charge in [0, 0.05) is 31.6 Å². The highest BCUT2D eigenvalue weighted by Gasteiger charge is 2.38. The van der Waals surface area contributed by atoms with Gasteiger partial charge in [-0.2, -0.15) is 0 Å². The highest BCUT2D eigenvalue weighted by molar-refractivity contribution is 5.27. The van der Waals surface area contributed by atoms with Gasteiger partial charge < -0.3 is 14.4 Å². The summed E-state index contributed by atoms with van der Waals surface area (Å²) in [6, 6.07) is 8.48. The summed E-state index contributed by atoms with van der Waals surface area (Å²) in [4.78, 5) is 5.16. The molecule has 2 fully saturated rings. The number of likely N-dealkylation sites (N-methyl/N-ethyl adjacent to an activating group) is 1. The molecule has 1 atom stereocenters. The van der Waals surface area contributed by atoms with Crippen LogP contribution in [-0.4, -0.2) is 62.8 Å². The number of methoxy groups -OCH3 is 1. The first-order valence-corrected chi connectivity index (χ1v) is 8.88. The Hall–Kier alpha value is -1.10. The second-order valence-corrected chi connectivity index (χ2v) is 7.08. The smallest absolute Gasteiger partial charge is 0.118 e. The molecule has 4 heteroatoms. The van der Waals surface area contributed by atoms with E-state index < -0.39 is 0 Å². The number of ether oxygens (including phenoxy) is 2. The summed E-state index contributed by atoms with van der Waals surface area (Å²) in [5.41, 5.74) is 1.68. The van der Waals surface area contributed by atoms with Crippen molar-refractivity contribution in [2.75, 3.05) is 53.0 Å². The molecule has 1 aromatic carbocycles. The van der Waals surface area contributed by atoms with Gasteiger partial charge >= 0.3 is 0 Å². The first kappa shape index (κ1) is 16.7. The number of benzene rings is 1. The van der Waals surface area contributed by atoms with Gasteiger partial charge in [0.2, 0.25) is 0 Å². The lowest BCUT2D eigenvalue weighted by Gasteiger charge is -2.43. The third-order valence-electron chi connectivity index (χ3n) is 5.27. The Bertz CT molecular complexity index is 491. The first-order chi connectivity index (χ1) is 11.2. The topological polar surface area (TPSA) is 24.9 Å². The second kappa shape index (κ2) is 7.65. The quantitative estimate of drug-likeness (QED) is 0.852. The molecule has 2 saturated heterocycles. The fraction of sp³-hybridized carbons (Fsp3) is 0.684. The van der Waals surface area contributed by atoms with E-state index in [0.717, 1.165) is 45.1 Å². The number of hydrogen-bond acceptors (Lipinski definition) is 4. The van der Waals surface area contributed by atoms with Crippen LogP contribution in [0.4, 0.5) is 0 Å². The molecule has 2 aliphatic heterocycles. The summed E-state index contributed by atoms with van der Waals surface area (Å²) in [5, 5.41) is 0. The summed E-state index contributed by atoms with van der Waals surface area (Å²) in [6.07, 6.45) is 2.57. The number of piperidine rings is 1. The van der Waals surface area contributed by atoms with Crippen molar-refractivity contribution in [3.8, 4) is 5.75 Å². The normalized spacial score (nSPS) is 27.0. The zero-order chi connectivity index (χ0) is 16.1. The molecular formula is C19H30N2O2. The predicted molar refractivity (Wildman–Crippen MR) is 92.9 cm³/mol. The van der Waals surface area contributed by atoms with Crippen LogP contribution in [0, 0.1) is 5.41 Å². The highest BCUT2D eigenvalue weighted by Crippen LogP contribution is 2.33. The van der Waals surface area contributed by atoms with E-state index in [0.29, 0.717) is 5.41 Å². The van der Waals surface area contributed by atoms with Crippen LogP contribution in [0.3, 0.4) is 0 Å². The molecule has 4 nitrogen and oxygen atoms in total. The van der Waals surface area contributed by atoms with E-state index >= 15 is 0 Å². The van der Waals surface area contributed by atoms with E-state index in [4.69, 9.17) is 9.47 Å². The Morgan fingerprint density at radius 1 is 1.13 bits per heavy atom. The Kier molecular flexibility index (Phi) is 5.57. The molecule has 2 heterocycles. The van der Waals surface area contributed by atoms with Gasteiger partial charge in [0.15, 0.2) is 0 Å². The van der Waals surface area contributed by atoms with Crippen molar-refractivity contribution in [2.24, 2.45) is 5.41 Å². The minimum atomic E-state index is 0.317. The zero-order valence-electron chi connectivity index (χ0n) is 14.6. The van der Waals surface area contributed by atoms with Crippen LogP contribution in [0.1, 0.15) is 25.3 Å². The molecule has 128 valence electrons. The van der Waals surface area contributed by atoms with Crippen LogP contribution in [0.2, 0.25) is 0 Å². The van der Waals surface area contributed by atoms with Crippen LogP contribution >= 0.6 is 0 Å². The molecule has 0 aliphatic carbocycles. The molecule has 0 unspecified atom stereocenters. The predicted octanol–water partition coefficient (Wildman–Crippen LogP) is 2.63. The summed E-state index contributed by atoms with van der Waals surface area (Å²) in [6.45, 7) is 10.8. The van der Waals surface area contributed by atoms with Gasteiger partial charge in [0.25, 0.3) is 0 Å². The number of nitrogens with zero attached hydrogens (tertiary/aromatic N) is 2. The standard InChI is InChI=1S/C19H30N2O2/c1-3-20-11-12-23-16-19(14-20)9-4-10-21(15-19)13-17-5-7-18(22-2)8-6-17/h5-8H,3-4,9-16H2,1-2H3/t19-/m0/s1. The number of likely N-dealkylation sites (tertiary alicyclic amines) is 1. The number of rotatable bonds is 4. The summed E-state index contributed by atoms with van der Waals surface area (Å²) in [7, 11) is 1.72. The second-order valence-electron chi connectivity index (χ2n) is 7.08. The Morgan fingerprint density at radius 3 is 2.65 bits per heavy atom. The largest absolute Gasteiger partial charge is 0.497 e. The lowest BCUT2D eigenvalue weighted by molar-refractivity contribution is 0.00333. The molecule has 0 bridgehead atoms. The van der Waals surface area contributed by atoms with Crippen LogP contribution in [-0.2, 0) is 11.3 Å². The maximum absolute atomic E-state index is 5.96. The van der Waals surface area contributed by atoms with Gasteiger partial charge in [0.05, 0.1) is 20.3 Å². The molecule has 23 heavy (non-hydrogen) atoms. The van der Waals surface area contributed by atoms with E-state index in [1.165, 1.54) is 31.5 Å². The SMILES string of the molecule is CCN1CCOC[C@@]2(CCCN(Cc3ccc(OC)cc3)C2)C1. The summed E-state index contributed by atoms with van der Waals surface area (Å²) < 4.78 is 11.2. The molecular weight excluding hydrogens is 288 g/mol. The highest BCUT2D eigenvalue weighted by atomic mass is 16.5. The minimum absolute atomic E-state index is 0.317. The number of hydrogen-bond donors (Lipinski definition) is 0. The zero-order valence-corrected chi connectivity index (χ0v) is 14.6. The lowest BCUT2D eigenvalue weighted by atomic mass is 9.80. The van der Waals surface area contributed by atoms with Crippen molar-refractivity contribution >= 4 is 0 Å². The van der Waals surface area contributed by atoms with Crippen molar-refractivity contribution in [1.29, 1.82) is 0 Å². The fourth-order valence-corrected chi connectivity index (χ4v) is 4.03. The van der Waals surface area contributed by atoms with Crippen molar-refractivity contribution in [1.82, 2.24) is 9.80 Å².